The van der Waals surface area contributed by atoms with Crippen molar-refractivity contribution < 1.29 is 9.26 Å². The van der Waals surface area contributed by atoms with E-state index in [-0.39, 0.29) is 6.04 Å². The summed E-state index contributed by atoms with van der Waals surface area (Å²) < 4.78 is 11.8. The van der Waals surface area contributed by atoms with E-state index >= 15 is 0 Å². The molecular formula is C12H19IN2O2. The van der Waals surface area contributed by atoms with Gasteiger partial charge in [0, 0.05) is 0 Å². The Morgan fingerprint density at radius 1 is 1.59 bits per heavy atom. The van der Waals surface area contributed by atoms with Crippen molar-refractivity contribution in [3.8, 4) is 5.88 Å². The van der Waals surface area contributed by atoms with Crippen LogP contribution in [0.25, 0.3) is 0 Å². The van der Waals surface area contributed by atoms with Gasteiger partial charge < -0.3 is 9.26 Å². The van der Waals surface area contributed by atoms with Crippen LogP contribution in [-0.2, 0) is 0 Å². The molecule has 0 saturated heterocycles. The maximum atomic E-state index is 5.57. The number of halogens is 1. The van der Waals surface area contributed by atoms with Crippen molar-refractivity contribution in [2.75, 3.05) is 20.7 Å². The summed E-state index contributed by atoms with van der Waals surface area (Å²) in [6, 6.07) is 0.0259. The van der Waals surface area contributed by atoms with Crippen molar-refractivity contribution >= 4 is 22.6 Å². The Morgan fingerprint density at radius 3 is 2.82 bits per heavy atom. The average Bonchev–Trinajstić information content (AvgIpc) is 2.63. The highest BCUT2D eigenvalue weighted by Gasteiger charge is 2.22. The number of aromatic nitrogens is 1. The lowest BCUT2D eigenvalue weighted by Crippen LogP contribution is -2.18. The molecule has 1 aromatic heterocycles. The van der Waals surface area contributed by atoms with E-state index < -0.39 is 0 Å². The highest BCUT2D eigenvalue weighted by Crippen LogP contribution is 2.30. The van der Waals surface area contributed by atoms with Gasteiger partial charge in [0.05, 0.1) is 12.6 Å². The van der Waals surface area contributed by atoms with Crippen molar-refractivity contribution in [1.82, 2.24) is 10.1 Å². The highest BCUT2D eigenvalue weighted by atomic mass is 127. The number of ether oxygens (including phenoxy) is 1. The van der Waals surface area contributed by atoms with Gasteiger partial charge in [0.1, 0.15) is 3.57 Å². The van der Waals surface area contributed by atoms with Crippen LogP contribution in [0.5, 0.6) is 5.88 Å². The molecule has 0 aliphatic carbocycles. The molecule has 1 rings (SSSR count). The number of unbranched alkanes of at least 4 members (excludes halogenated alkanes) is 1. The monoisotopic (exact) mass is 350 g/mol. The smallest absolute Gasteiger partial charge is 0.268 e. The SMILES string of the molecule is C=C[C@@H](c1onc(OCCCC)c1I)N(C)C. The second kappa shape index (κ2) is 7.00. The molecule has 0 saturated carbocycles. The lowest BCUT2D eigenvalue weighted by atomic mass is 10.2. The van der Waals surface area contributed by atoms with Crippen LogP contribution in [0.1, 0.15) is 31.6 Å². The minimum Gasteiger partial charge on any atom is -0.475 e. The number of hydrogen-bond acceptors (Lipinski definition) is 4. The molecule has 4 nitrogen and oxygen atoms in total. The van der Waals surface area contributed by atoms with Crippen LogP contribution in [0.3, 0.4) is 0 Å². The van der Waals surface area contributed by atoms with Crippen LogP contribution in [-0.4, -0.2) is 30.8 Å². The molecule has 5 heteroatoms. The van der Waals surface area contributed by atoms with Gasteiger partial charge in [0.25, 0.3) is 5.88 Å². The van der Waals surface area contributed by atoms with E-state index in [2.05, 4.69) is 41.3 Å². The molecule has 1 atom stereocenters. The maximum absolute atomic E-state index is 5.57. The molecule has 0 bridgehead atoms. The zero-order valence-corrected chi connectivity index (χ0v) is 12.7. The molecule has 0 unspecified atom stereocenters. The Labute approximate surface area is 116 Å². The van der Waals surface area contributed by atoms with Crippen LogP contribution < -0.4 is 4.74 Å². The number of hydrogen-bond donors (Lipinski definition) is 0. The van der Waals surface area contributed by atoms with E-state index in [0.29, 0.717) is 12.5 Å². The zero-order valence-electron chi connectivity index (χ0n) is 10.6. The minimum absolute atomic E-state index is 0.0259. The van der Waals surface area contributed by atoms with E-state index in [1.807, 2.05) is 25.1 Å². The minimum atomic E-state index is 0.0259. The fourth-order valence-electron chi connectivity index (χ4n) is 1.42. The lowest BCUT2D eigenvalue weighted by Gasteiger charge is -2.17. The van der Waals surface area contributed by atoms with Crippen molar-refractivity contribution in [1.29, 1.82) is 0 Å². The van der Waals surface area contributed by atoms with Gasteiger partial charge >= 0.3 is 0 Å². The molecule has 17 heavy (non-hydrogen) atoms. The predicted molar refractivity (Wildman–Crippen MR) is 76.2 cm³/mol. The molecule has 0 aliphatic rings. The summed E-state index contributed by atoms with van der Waals surface area (Å²) >= 11 is 2.20. The third-order valence-electron chi connectivity index (χ3n) is 2.42. The average molecular weight is 350 g/mol. The summed E-state index contributed by atoms with van der Waals surface area (Å²) in [4.78, 5) is 2.02. The third kappa shape index (κ3) is 3.70. The first kappa shape index (κ1) is 14.5. The Balaban J connectivity index is 2.78. The van der Waals surface area contributed by atoms with Crippen molar-refractivity contribution in [3.63, 3.8) is 0 Å². The molecule has 0 fully saturated rings. The molecule has 1 aromatic rings. The van der Waals surface area contributed by atoms with Gasteiger partial charge in [0.15, 0.2) is 5.76 Å². The fourth-order valence-corrected chi connectivity index (χ4v) is 2.09. The first-order valence-corrected chi connectivity index (χ1v) is 6.76. The van der Waals surface area contributed by atoms with E-state index in [1.165, 1.54) is 0 Å². The molecule has 0 spiro atoms. The predicted octanol–water partition coefficient (Wildman–Crippen LogP) is 3.25. The lowest BCUT2D eigenvalue weighted by molar-refractivity contribution is 0.250. The van der Waals surface area contributed by atoms with Crippen LogP contribution in [0, 0.1) is 3.57 Å². The van der Waals surface area contributed by atoms with Crippen LogP contribution in [0.2, 0.25) is 0 Å². The van der Waals surface area contributed by atoms with E-state index in [4.69, 9.17) is 9.26 Å². The fraction of sp³-hybridized carbons (Fsp3) is 0.583. The van der Waals surface area contributed by atoms with Gasteiger partial charge in [-0.15, -0.1) is 6.58 Å². The highest BCUT2D eigenvalue weighted by molar-refractivity contribution is 14.1. The van der Waals surface area contributed by atoms with E-state index in [1.54, 1.807) is 0 Å². The second-order valence-corrected chi connectivity index (χ2v) is 5.09. The van der Waals surface area contributed by atoms with Gasteiger partial charge in [-0.3, -0.25) is 4.90 Å². The molecule has 0 radical (unpaired) electrons. The van der Waals surface area contributed by atoms with Crippen molar-refractivity contribution in [3.05, 3.63) is 22.0 Å². The first-order valence-electron chi connectivity index (χ1n) is 5.68. The summed E-state index contributed by atoms with van der Waals surface area (Å²) in [6.07, 6.45) is 3.96. The van der Waals surface area contributed by atoms with Gasteiger partial charge in [0.2, 0.25) is 0 Å². The van der Waals surface area contributed by atoms with E-state index in [0.717, 1.165) is 22.2 Å². The number of nitrogens with zero attached hydrogens (tertiary/aromatic N) is 2. The maximum Gasteiger partial charge on any atom is 0.268 e. The van der Waals surface area contributed by atoms with Gasteiger partial charge in [-0.2, -0.15) is 0 Å². The Bertz CT molecular complexity index is 363. The summed E-state index contributed by atoms with van der Waals surface area (Å²) in [5.74, 6) is 1.37. The van der Waals surface area contributed by atoms with E-state index in [9.17, 15) is 0 Å². The summed E-state index contributed by atoms with van der Waals surface area (Å²) in [6.45, 7) is 6.62. The Kier molecular flexibility index (Phi) is 5.97. The van der Waals surface area contributed by atoms with Gasteiger partial charge in [-0.1, -0.05) is 19.4 Å². The van der Waals surface area contributed by atoms with Gasteiger partial charge in [-0.25, -0.2) is 0 Å². The molecule has 0 N–H and O–H groups in total. The third-order valence-corrected chi connectivity index (χ3v) is 3.41. The first-order chi connectivity index (χ1) is 8.11. The van der Waals surface area contributed by atoms with Crippen molar-refractivity contribution in [2.45, 2.75) is 25.8 Å². The second-order valence-electron chi connectivity index (χ2n) is 4.01. The summed E-state index contributed by atoms with van der Waals surface area (Å²) in [7, 11) is 3.95. The Morgan fingerprint density at radius 2 is 2.29 bits per heavy atom. The van der Waals surface area contributed by atoms with Crippen LogP contribution in [0.15, 0.2) is 17.2 Å². The van der Waals surface area contributed by atoms with Gasteiger partial charge in [-0.05, 0) is 48.3 Å². The summed E-state index contributed by atoms with van der Waals surface area (Å²) in [5, 5.41) is 3.96. The number of rotatable bonds is 7. The topological polar surface area (TPSA) is 38.5 Å². The Hall–Kier alpha value is -0.560. The summed E-state index contributed by atoms with van der Waals surface area (Å²) in [5.41, 5.74) is 0. The molecular weight excluding hydrogens is 331 g/mol. The zero-order chi connectivity index (χ0) is 12.8. The van der Waals surface area contributed by atoms with Crippen LogP contribution in [0.4, 0.5) is 0 Å². The molecule has 0 aromatic carbocycles. The molecule has 1 heterocycles. The van der Waals surface area contributed by atoms with Crippen LogP contribution >= 0.6 is 22.6 Å². The largest absolute Gasteiger partial charge is 0.475 e. The van der Waals surface area contributed by atoms with Crippen molar-refractivity contribution in [2.24, 2.45) is 0 Å². The molecule has 0 amide bonds. The standard InChI is InChI=1S/C12H19IN2O2/c1-5-7-8-16-12-10(13)11(17-14-12)9(6-2)15(3)4/h6,9H,2,5,7-8H2,1,3-4H3/t9-/m0/s1. The normalized spacial score (nSPS) is 12.8. The molecule has 0 aliphatic heterocycles. The molecule has 96 valence electrons. The number of likely N-dealkylation sites (N-methyl/N-ethyl adjacent to an activating group) is 1. The quantitative estimate of drug-likeness (QED) is 0.430.